The molecule has 1 atom stereocenters. The average molecular weight is 847 g/mol. The molecule has 7 heteroatoms. The number of allylic oxidation sites excluding steroid dienone is 4. The number of hydrogen-bond donors (Lipinski definition) is 0. The van der Waals surface area contributed by atoms with E-state index in [9.17, 15) is 9.59 Å². The minimum absolute atomic E-state index is 0.00446. The third kappa shape index (κ3) is 25.1. The molecule has 2 aromatic carbocycles. The maximum absolute atomic E-state index is 10.2. The van der Waals surface area contributed by atoms with Gasteiger partial charge < -0.3 is 14.1 Å². The summed E-state index contributed by atoms with van der Waals surface area (Å²) in [4.78, 5) is 29.3. The molecule has 0 N–H and O–H groups in total. The van der Waals surface area contributed by atoms with E-state index in [4.69, 9.17) is 14.1 Å². The molecule has 0 saturated heterocycles. The van der Waals surface area contributed by atoms with Gasteiger partial charge in [0.15, 0.2) is 0 Å². The van der Waals surface area contributed by atoms with Gasteiger partial charge in [-0.3, -0.25) is 9.59 Å². The zero-order chi connectivity index (χ0) is 43.1. The number of unbranched alkanes of at least 4 members (excludes halogenated alkanes) is 22. The Morgan fingerprint density at radius 3 is 1.22 bits per heavy atom. The number of hydrogen-bond acceptors (Lipinski definition) is 6. The highest BCUT2D eigenvalue weighted by Crippen LogP contribution is 2.38. The highest BCUT2D eigenvalue weighted by Gasteiger charge is 2.51. The van der Waals surface area contributed by atoms with E-state index in [0.29, 0.717) is 26.2 Å². The van der Waals surface area contributed by atoms with E-state index in [1.54, 1.807) is 0 Å². The molecular weight excluding hydrogens is 761 g/mol. The molecule has 0 spiro atoms. The minimum Gasteiger partial charge on any atom is -0.468 e. The van der Waals surface area contributed by atoms with E-state index in [1.165, 1.54) is 152 Å². The van der Waals surface area contributed by atoms with Crippen LogP contribution in [0.5, 0.6) is 0 Å². The molecule has 0 amide bonds. The van der Waals surface area contributed by atoms with Crippen molar-refractivity contribution >= 4 is 31.6 Å². The summed E-state index contributed by atoms with van der Waals surface area (Å²) >= 11 is 0. The molecule has 1 unspecified atom stereocenters. The van der Waals surface area contributed by atoms with Crippen molar-refractivity contribution in [3.05, 3.63) is 85.0 Å². The van der Waals surface area contributed by atoms with Crippen molar-refractivity contribution in [3.8, 4) is 0 Å². The largest absolute Gasteiger partial charge is 0.468 e. The first-order valence-corrected chi connectivity index (χ1v) is 26.2. The monoisotopic (exact) mass is 847 g/mol. The predicted octanol–water partition coefficient (Wildman–Crippen LogP) is 14.2. The van der Waals surface area contributed by atoms with Crippen LogP contribution in [0, 0.1) is 0 Å². The molecule has 0 aliphatic heterocycles. The lowest BCUT2D eigenvalue weighted by Gasteiger charge is -2.45. The number of benzene rings is 2. The average Bonchev–Trinajstić information content (AvgIpc) is 3.25. The molecule has 2 aromatic rings. The van der Waals surface area contributed by atoms with Gasteiger partial charge in [-0.15, -0.1) is 0 Å². The summed E-state index contributed by atoms with van der Waals surface area (Å²) in [6, 6.07) is 22.4. The number of carbonyl (C=O) groups excluding carboxylic acids is 2. The molecule has 0 aromatic heterocycles. The molecule has 0 radical (unpaired) electrons. The number of carbonyl (C=O) groups is 2. The Balaban J connectivity index is 1.77. The van der Waals surface area contributed by atoms with Gasteiger partial charge in [-0.2, -0.15) is 4.89 Å². The Bertz CT molecular complexity index is 1280. The zero-order valence-electron chi connectivity index (χ0n) is 38.5. The number of ether oxygens (including phenoxy) is 1. The molecule has 338 valence electrons. The fourth-order valence-corrected chi connectivity index (χ4v) is 13.2. The lowest BCUT2D eigenvalue weighted by atomic mass is 10.0. The molecule has 60 heavy (non-hydrogen) atoms. The second-order valence-corrected chi connectivity index (χ2v) is 22.1. The van der Waals surface area contributed by atoms with E-state index < -0.39 is 8.32 Å². The summed E-state index contributed by atoms with van der Waals surface area (Å²) < 4.78 is 12.5. The van der Waals surface area contributed by atoms with Gasteiger partial charge in [0.25, 0.3) is 14.8 Å². The maximum Gasteiger partial charge on any atom is 0.330 e. The van der Waals surface area contributed by atoms with Crippen LogP contribution in [0.1, 0.15) is 201 Å². The van der Waals surface area contributed by atoms with Crippen LogP contribution in [0.2, 0.25) is 5.04 Å². The summed E-state index contributed by atoms with van der Waals surface area (Å²) in [7, 11) is -2.59. The van der Waals surface area contributed by atoms with Crippen molar-refractivity contribution in [3.63, 3.8) is 0 Å². The van der Waals surface area contributed by atoms with Gasteiger partial charge in [0.1, 0.15) is 0 Å². The first kappa shape index (κ1) is 53.1. The van der Waals surface area contributed by atoms with Crippen molar-refractivity contribution in [2.75, 3.05) is 13.2 Å². The van der Waals surface area contributed by atoms with Crippen molar-refractivity contribution in [2.45, 2.75) is 212 Å². The molecule has 0 aliphatic carbocycles. The van der Waals surface area contributed by atoms with Gasteiger partial charge in [-0.1, -0.05) is 208 Å². The van der Waals surface area contributed by atoms with Crippen LogP contribution in [-0.2, 0) is 28.5 Å². The van der Waals surface area contributed by atoms with Crippen LogP contribution in [0.3, 0.4) is 0 Å². The van der Waals surface area contributed by atoms with Gasteiger partial charge >= 0.3 is 6.47 Å². The number of rotatable bonds is 41. The maximum atomic E-state index is 10.2. The Hall–Kier alpha value is -3.00. The summed E-state index contributed by atoms with van der Waals surface area (Å²) in [6.45, 7) is 9.16. The van der Waals surface area contributed by atoms with Crippen LogP contribution in [0.25, 0.3) is 0 Å². The molecular formula is C53H86O6Si. The summed E-state index contributed by atoms with van der Waals surface area (Å²) in [6.07, 6.45) is 44.1. The molecule has 0 bridgehead atoms. The van der Waals surface area contributed by atoms with Crippen LogP contribution >= 0.6 is 0 Å². The van der Waals surface area contributed by atoms with Crippen molar-refractivity contribution < 1.29 is 28.5 Å². The first-order chi connectivity index (χ1) is 29.5. The topological polar surface area (TPSA) is 71.1 Å². The van der Waals surface area contributed by atoms with E-state index in [1.807, 2.05) is 0 Å². The Morgan fingerprint density at radius 2 is 0.833 bits per heavy atom. The van der Waals surface area contributed by atoms with Gasteiger partial charge in [0.2, 0.25) is 0 Å². The normalized spacial score (nSPS) is 12.7. The Morgan fingerprint density at radius 1 is 0.467 bits per heavy atom. The highest BCUT2D eigenvalue weighted by atomic mass is 28.4. The molecule has 0 saturated carbocycles. The second-order valence-electron chi connectivity index (χ2n) is 17.8. The molecule has 2 rings (SSSR count). The minimum atomic E-state index is -2.59. The van der Waals surface area contributed by atoms with Gasteiger partial charge in [0.05, 0.1) is 13.2 Å². The van der Waals surface area contributed by atoms with Crippen LogP contribution in [-0.4, -0.2) is 40.6 Å². The molecule has 0 aliphatic rings. The lowest BCUT2D eigenvalue weighted by molar-refractivity contribution is -0.259. The van der Waals surface area contributed by atoms with E-state index in [-0.39, 0.29) is 11.1 Å². The first-order valence-electron chi connectivity index (χ1n) is 24.3. The van der Waals surface area contributed by atoms with E-state index in [2.05, 4.69) is 111 Å². The molecule has 0 heterocycles. The lowest BCUT2D eigenvalue weighted by Crippen LogP contribution is -2.67. The third-order valence-corrected chi connectivity index (χ3v) is 16.9. The van der Waals surface area contributed by atoms with Crippen molar-refractivity contribution in [2.24, 2.45) is 0 Å². The SMILES string of the molecule is CC(C)(C)[Si](OC(CCCCCCCC/C=C\CCCCCCCOC=O)CCCCCCCC/C=C\CCCCCCCOOC=O)(c1ccccc1)c1ccccc1. The Kier molecular flexibility index (Phi) is 32.4. The van der Waals surface area contributed by atoms with Crippen molar-refractivity contribution in [1.29, 1.82) is 0 Å². The van der Waals surface area contributed by atoms with Gasteiger partial charge in [-0.05, 0) is 92.5 Å². The van der Waals surface area contributed by atoms with Gasteiger partial charge in [0, 0.05) is 6.10 Å². The fraction of sp³-hybridized carbons (Fsp3) is 0.660. The summed E-state index contributed by atoms with van der Waals surface area (Å²) in [5.41, 5.74) is 0. The quantitative estimate of drug-likeness (QED) is 0.0166. The standard InChI is InChI=1S/C53H86O6Si/c1-53(2,3)60(51-42-34-30-35-43-51,52-44-36-31-37-45-52)59-50(40-32-26-22-18-14-10-6-4-8-12-16-20-24-28-38-46-56-48-54)41-33-27-23-19-15-11-7-5-9-13-17-21-25-29-39-47-57-58-49-55/h4-5,8-9,30-31,34-37,42-45,48-50H,6-7,10-29,32-33,38-41,46-47H2,1-3H3/b8-4-,9-5-. The van der Waals surface area contributed by atoms with Crippen LogP contribution < -0.4 is 10.4 Å². The molecule has 6 nitrogen and oxygen atoms in total. The predicted molar refractivity (Wildman–Crippen MR) is 255 cm³/mol. The summed E-state index contributed by atoms with van der Waals surface area (Å²) in [5.74, 6) is 0. The van der Waals surface area contributed by atoms with E-state index in [0.717, 1.165) is 38.5 Å². The smallest absolute Gasteiger partial charge is 0.330 e. The fourth-order valence-electron chi connectivity index (χ4n) is 8.41. The van der Waals surface area contributed by atoms with E-state index >= 15 is 0 Å². The Labute approximate surface area is 368 Å². The van der Waals surface area contributed by atoms with Crippen molar-refractivity contribution in [1.82, 2.24) is 0 Å². The summed E-state index contributed by atoms with van der Waals surface area (Å²) in [5, 5.41) is 2.77. The molecule has 0 fully saturated rings. The highest BCUT2D eigenvalue weighted by molar-refractivity contribution is 6.99. The van der Waals surface area contributed by atoms with Crippen LogP contribution in [0.4, 0.5) is 0 Å². The zero-order valence-corrected chi connectivity index (χ0v) is 39.5. The second kappa shape index (κ2) is 36.6. The third-order valence-electron chi connectivity index (χ3n) is 11.8. The van der Waals surface area contributed by atoms with Crippen LogP contribution in [0.15, 0.2) is 85.0 Å². The van der Waals surface area contributed by atoms with Gasteiger partial charge in [-0.25, -0.2) is 0 Å².